The van der Waals surface area contributed by atoms with Crippen LogP contribution in [0.2, 0.25) is 0 Å². The van der Waals surface area contributed by atoms with Crippen LogP contribution in [0.1, 0.15) is 0 Å². The minimum Gasteiger partial charge on any atom is -0.391 e. The van der Waals surface area contributed by atoms with Gasteiger partial charge in [0.25, 0.3) is 0 Å². The van der Waals surface area contributed by atoms with Crippen LogP contribution in [0.3, 0.4) is 0 Å². The minimum atomic E-state index is -3.29. The molecule has 0 aliphatic carbocycles. The first-order chi connectivity index (χ1) is 8.95. The van der Waals surface area contributed by atoms with Crippen LogP contribution < -0.4 is 5.73 Å². The number of fused-ring (bicyclic) bond motifs is 1. The Balaban J connectivity index is 2.22. The third kappa shape index (κ3) is 2.06. The number of anilines is 1. The Morgan fingerprint density at radius 1 is 1.37 bits per heavy atom. The van der Waals surface area contributed by atoms with Crippen LogP contribution in [0.4, 0.5) is 5.00 Å². The molecule has 0 saturated heterocycles. The van der Waals surface area contributed by atoms with Gasteiger partial charge in [0.2, 0.25) is 0 Å². The largest absolute Gasteiger partial charge is 0.391 e. The van der Waals surface area contributed by atoms with Gasteiger partial charge in [-0.25, -0.2) is 23.1 Å². The van der Waals surface area contributed by atoms with Crippen molar-refractivity contribution in [2.45, 2.75) is 4.90 Å². The van der Waals surface area contributed by atoms with E-state index in [2.05, 4.69) is 15.1 Å². The second-order valence-electron chi connectivity index (χ2n) is 3.96. The zero-order valence-electron chi connectivity index (χ0n) is 9.81. The molecular weight excluding hydrogens is 286 g/mol. The summed E-state index contributed by atoms with van der Waals surface area (Å²) in [4.78, 5) is 9.12. The molecule has 3 aromatic rings. The van der Waals surface area contributed by atoms with E-state index in [1.807, 2.05) is 0 Å². The fourth-order valence-corrected chi connectivity index (χ4v) is 2.95. The standard InChI is InChI=1S/C10H9N5O2S2/c1-19(16,17)6-3-14-15(4-6)9-7-2-8(11)18-10(7)13-5-12-9/h2-5H,11H2,1H3. The van der Waals surface area contributed by atoms with Crippen molar-refractivity contribution in [1.82, 2.24) is 19.7 Å². The topological polar surface area (TPSA) is 104 Å². The van der Waals surface area contributed by atoms with Crippen LogP contribution >= 0.6 is 11.3 Å². The average molecular weight is 295 g/mol. The number of nitrogen functional groups attached to an aromatic ring is 1. The van der Waals surface area contributed by atoms with Gasteiger partial charge in [-0.1, -0.05) is 11.3 Å². The van der Waals surface area contributed by atoms with Crippen molar-refractivity contribution in [3.63, 3.8) is 0 Å². The molecule has 0 amide bonds. The van der Waals surface area contributed by atoms with Gasteiger partial charge in [0.05, 0.1) is 22.8 Å². The highest BCUT2D eigenvalue weighted by molar-refractivity contribution is 7.90. The average Bonchev–Trinajstić information content (AvgIpc) is 2.91. The highest BCUT2D eigenvalue weighted by atomic mass is 32.2. The van der Waals surface area contributed by atoms with Crippen molar-refractivity contribution in [2.24, 2.45) is 0 Å². The van der Waals surface area contributed by atoms with Gasteiger partial charge in [-0.05, 0) is 6.07 Å². The summed E-state index contributed by atoms with van der Waals surface area (Å²) in [5.74, 6) is 0.507. The molecule has 9 heteroatoms. The first-order valence-corrected chi connectivity index (χ1v) is 7.91. The van der Waals surface area contributed by atoms with E-state index in [0.717, 1.165) is 16.5 Å². The summed E-state index contributed by atoms with van der Waals surface area (Å²) in [5.41, 5.74) is 5.74. The van der Waals surface area contributed by atoms with Gasteiger partial charge in [0.1, 0.15) is 16.1 Å². The van der Waals surface area contributed by atoms with Crippen molar-refractivity contribution in [3.05, 3.63) is 24.8 Å². The van der Waals surface area contributed by atoms with E-state index in [-0.39, 0.29) is 4.90 Å². The van der Waals surface area contributed by atoms with Crippen LogP contribution in [0.5, 0.6) is 0 Å². The minimum absolute atomic E-state index is 0.141. The lowest BCUT2D eigenvalue weighted by molar-refractivity contribution is 0.602. The molecule has 3 heterocycles. The molecule has 0 fully saturated rings. The first kappa shape index (κ1) is 12.1. The van der Waals surface area contributed by atoms with Gasteiger partial charge in [-0.3, -0.25) is 0 Å². The lowest BCUT2D eigenvalue weighted by Gasteiger charge is -2.00. The SMILES string of the molecule is CS(=O)(=O)c1cnn(-c2ncnc3sc(N)cc23)c1. The summed E-state index contributed by atoms with van der Waals surface area (Å²) >= 11 is 1.34. The van der Waals surface area contributed by atoms with Crippen LogP contribution in [0.15, 0.2) is 29.7 Å². The predicted octanol–water partition coefficient (Wildman–Crippen LogP) is 0.863. The highest BCUT2D eigenvalue weighted by Crippen LogP contribution is 2.28. The maximum absolute atomic E-state index is 11.4. The second-order valence-corrected chi connectivity index (χ2v) is 7.04. The van der Waals surface area contributed by atoms with E-state index in [1.165, 1.54) is 34.7 Å². The fraction of sp³-hybridized carbons (Fsp3) is 0.100. The lowest BCUT2D eigenvalue weighted by Crippen LogP contribution is -1.99. The van der Waals surface area contributed by atoms with Gasteiger partial charge in [0, 0.05) is 6.26 Å². The van der Waals surface area contributed by atoms with Crippen molar-refractivity contribution in [3.8, 4) is 5.82 Å². The van der Waals surface area contributed by atoms with Crippen molar-refractivity contribution >= 4 is 36.4 Å². The molecule has 0 bridgehead atoms. The molecule has 0 aliphatic rings. The Bertz CT molecular complexity index is 865. The maximum atomic E-state index is 11.4. The molecule has 2 N–H and O–H groups in total. The van der Waals surface area contributed by atoms with Gasteiger partial charge in [-0.2, -0.15) is 5.10 Å². The normalized spacial score (nSPS) is 12.1. The molecular formula is C10H9N5O2S2. The number of hydrogen-bond acceptors (Lipinski definition) is 7. The van der Waals surface area contributed by atoms with Crippen molar-refractivity contribution in [2.75, 3.05) is 12.0 Å². The summed E-state index contributed by atoms with van der Waals surface area (Å²) in [6.45, 7) is 0. The lowest BCUT2D eigenvalue weighted by atomic mass is 10.4. The van der Waals surface area contributed by atoms with E-state index >= 15 is 0 Å². The molecule has 3 aromatic heterocycles. The van der Waals surface area contributed by atoms with Crippen LogP contribution in [-0.4, -0.2) is 34.4 Å². The third-order valence-electron chi connectivity index (χ3n) is 2.53. The number of sulfone groups is 1. The molecule has 0 aromatic carbocycles. The summed E-state index contributed by atoms with van der Waals surface area (Å²) in [6, 6.07) is 1.75. The van der Waals surface area contributed by atoms with Crippen molar-refractivity contribution in [1.29, 1.82) is 0 Å². The Morgan fingerprint density at radius 2 is 2.16 bits per heavy atom. The van der Waals surface area contributed by atoms with E-state index in [0.29, 0.717) is 10.8 Å². The number of thiophene rings is 1. The molecule has 0 spiro atoms. The fourth-order valence-electron chi connectivity index (χ4n) is 1.66. The monoisotopic (exact) mass is 295 g/mol. The smallest absolute Gasteiger partial charge is 0.178 e. The van der Waals surface area contributed by atoms with E-state index < -0.39 is 9.84 Å². The quantitative estimate of drug-likeness (QED) is 0.752. The van der Waals surface area contributed by atoms with Gasteiger partial charge >= 0.3 is 0 Å². The molecule has 3 rings (SSSR count). The third-order valence-corrected chi connectivity index (χ3v) is 4.47. The zero-order chi connectivity index (χ0) is 13.6. The van der Waals surface area contributed by atoms with Crippen LogP contribution in [-0.2, 0) is 9.84 Å². The summed E-state index contributed by atoms with van der Waals surface area (Å²) in [5, 5.41) is 5.38. The molecule has 98 valence electrons. The van der Waals surface area contributed by atoms with Crippen LogP contribution in [0.25, 0.3) is 16.0 Å². The Morgan fingerprint density at radius 3 is 2.84 bits per heavy atom. The second kappa shape index (κ2) is 4.00. The molecule has 0 aliphatic heterocycles. The van der Waals surface area contributed by atoms with Gasteiger partial charge < -0.3 is 5.73 Å². The summed E-state index contributed by atoms with van der Waals surface area (Å²) < 4.78 is 24.3. The number of nitrogens with two attached hydrogens (primary N) is 1. The summed E-state index contributed by atoms with van der Waals surface area (Å²) in [7, 11) is -3.29. The number of hydrogen-bond donors (Lipinski definition) is 1. The molecule has 19 heavy (non-hydrogen) atoms. The number of rotatable bonds is 2. The zero-order valence-corrected chi connectivity index (χ0v) is 11.4. The first-order valence-electron chi connectivity index (χ1n) is 5.20. The molecule has 0 unspecified atom stereocenters. The predicted molar refractivity (Wildman–Crippen MR) is 72.1 cm³/mol. The van der Waals surface area contributed by atoms with E-state index in [1.54, 1.807) is 6.07 Å². The Hall–Kier alpha value is -2.00. The van der Waals surface area contributed by atoms with E-state index in [4.69, 9.17) is 5.73 Å². The maximum Gasteiger partial charge on any atom is 0.178 e. The molecule has 0 saturated carbocycles. The Kier molecular flexibility index (Phi) is 2.54. The summed E-state index contributed by atoms with van der Waals surface area (Å²) in [6.07, 6.45) is 5.24. The Labute approximate surface area is 112 Å². The molecule has 7 nitrogen and oxygen atoms in total. The van der Waals surface area contributed by atoms with E-state index in [9.17, 15) is 8.42 Å². The molecule has 0 radical (unpaired) electrons. The van der Waals surface area contributed by atoms with Crippen molar-refractivity contribution < 1.29 is 8.42 Å². The van der Waals surface area contributed by atoms with Crippen LogP contribution in [0, 0.1) is 0 Å². The number of nitrogens with zero attached hydrogens (tertiary/aromatic N) is 4. The molecule has 0 atom stereocenters. The van der Waals surface area contributed by atoms with Gasteiger partial charge in [-0.15, -0.1) is 0 Å². The highest BCUT2D eigenvalue weighted by Gasteiger charge is 2.14. The number of aromatic nitrogens is 4. The van der Waals surface area contributed by atoms with Gasteiger partial charge in [0.15, 0.2) is 15.7 Å².